The number of carbonyl (C=O) groups is 4. The van der Waals surface area contributed by atoms with Crippen molar-refractivity contribution in [2.24, 2.45) is 0 Å². The molecule has 10 atom stereocenters. The summed E-state index contributed by atoms with van der Waals surface area (Å²) in [5.74, 6) is -3.22. The largest absolute Gasteiger partial charge is 0.463 e. The number of carbonyl (C=O) groups excluding carboxylic acids is 4. The highest BCUT2D eigenvalue weighted by atomic mass is 32.1. The Morgan fingerprint density at radius 1 is 0.842 bits per heavy atom. The van der Waals surface area contributed by atoms with Crippen molar-refractivity contribution >= 4 is 41.2 Å². The van der Waals surface area contributed by atoms with E-state index in [9.17, 15) is 44.7 Å². The SMILES string of the molecule is CC(=O)OC[C@H]1O[C@H](NC(=S)N[C@@H]2[C@H](O)[C@@H](O)[C@H](O)[C@]2(O)CO)[C@@H](OC(C)=O)[C@@H](OC(C)=O)[C@@H]1OC(C)=O. The van der Waals surface area contributed by atoms with Crippen molar-refractivity contribution in [2.75, 3.05) is 13.2 Å². The van der Waals surface area contributed by atoms with Crippen molar-refractivity contribution in [1.29, 1.82) is 0 Å². The summed E-state index contributed by atoms with van der Waals surface area (Å²) >= 11 is 5.20. The molecule has 0 aromatic rings. The van der Waals surface area contributed by atoms with Gasteiger partial charge in [-0.1, -0.05) is 0 Å². The molecule has 2 rings (SSSR count). The quantitative estimate of drug-likeness (QED) is 0.0832. The van der Waals surface area contributed by atoms with E-state index in [0.29, 0.717) is 0 Å². The molecule has 7 N–H and O–H groups in total. The Balaban J connectivity index is 2.39. The fourth-order valence-electron chi connectivity index (χ4n) is 4.22. The van der Waals surface area contributed by atoms with Gasteiger partial charge in [-0.25, -0.2) is 0 Å². The van der Waals surface area contributed by atoms with E-state index in [2.05, 4.69) is 10.6 Å². The Bertz CT molecular complexity index is 920. The molecule has 1 saturated carbocycles. The van der Waals surface area contributed by atoms with Crippen molar-refractivity contribution < 1.29 is 68.4 Å². The third-order valence-corrected chi connectivity index (χ3v) is 6.11. The van der Waals surface area contributed by atoms with Gasteiger partial charge in [-0.15, -0.1) is 0 Å². The van der Waals surface area contributed by atoms with Crippen LogP contribution in [0.4, 0.5) is 0 Å². The number of hydrogen-bond donors (Lipinski definition) is 7. The van der Waals surface area contributed by atoms with E-state index in [0.717, 1.165) is 27.7 Å². The Morgan fingerprint density at radius 3 is 1.87 bits per heavy atom. The molecule has 1 saturated heterocycles. The minimum Gasteiger partial charge on any atom is -0.463 e. The Kier molecular flexibility index (Phi) is 10.7. The molecule has 0 spiro atoms. The third kappa shape index (κ3) is 7.25. The molecule has 1 aliphatic carbocycles. The van der Waals surface area contributed by atoms with Gasteiger partial charge in [0.05, 0.1) is 12.6 Å². The van der Waals surface area contributed by atoms with Crippen molar-refractivity contribution in [3.63, 3.8) is 0 Å². The maximum Gasteiger partial charge on any atom is 0.303 e. The van der Waals surface area contributed by atoms with Crippen LogP contribution in [0.3, 0.4) is 0 Å². The maximum atomic E-state index is 11.9. The first-order chi connectivity index (χ1) is 17.6. The molecule has 0 bridgehead atoms. The number of esters is 4. The van der Waals surface area contributed by atoms with Crippen LogP contribution in [-0.2, 0) is 42.9 Å². The predicted molar refractivity (Wildman–Crippen MR) is 125 cm³/mol. The van der Waals surface area contributed by atoms with Gasteiger partial charge in [-0.2, -0.15) is 0 Å². The number of aliphatic hydroxyl groups is 5. The van der Waals surface area contributed by atoms with Crippen LogP contribution in [0.5, 0.6) is 0 Å². The summed E-state index contributed by atoms with van der Waals surface area (Å²) in [7, 11) is 0. The molecule has 1 aliphatic heterocycles. The lowest BCUT2D eigenvalue weighted by atomic mass is 9.96. The molecular formula is C21H32N2O14S. The van der Waals surface area contributed by atoms with Gasteiger partial charge in [-0.3, -0.25) is 19.2 Å². The van der Waals surface area contributed by atoms with Gasteiger partial charge in [0.15, 0.2) is 29.7 Å². The lowest BCUT2D eigenvalue weighted by molar-refractivity contribution is -0.255. The fourth-order valence-corrected chi connectivity index (χ4v) is 4.46. The lowest BCUT2D eigenvalue weighted by Gasteiger charge is -2.45. The summed E-state index contributed by atoms with van der Waals surface area (Å²) in [5, 5.41) is 55.1. The highest BCUT2D eigenvalue weighted by molar-refractivity contribution is 7.80. The van der Waals surface area contributed by atoms with Gasteiger partial charge in [-0.05, 0) is 12.2 Å². The van der Waals surface area contributed by atoms with Gasteiger partial charge in [0.25, 0.3) is 0 Å². The van der Waals surface area contributed by atoms with Crippen LogP contribution >= 0.6 is 12.2 Å². The first-order valence-corrected chi connectivity index (χ1v) is 11.8. The highest BCUT2D eigenvalue weighted by Crippen LogP contribution is 2.32. The number of aliphatic hydroxyl groups excluding tert-OH is 4. The van der Waals surface area contributed by atoms with Crippen molar-refractivity contribution in [3.05, 3.63) is 0 Å². The average Bonchev–Trinajstić information content (AvgIpc) is 2.96. The summed E-state index contributed by atoms with van der Waals surface area (Å²) in [5.41, 5.74) is -2.41. The fraction of sp³-hybridized carbons (Fsp3) is 0.762. The molecule has 1 heterocycles. The zero-order valence-electron chi connectivity index (χ0n) is 20.9. The molecular weight excluding hydrogens is 536 g/mol. The van der Waals surface area contributed by atoms with E-state index in [4.69, 9.17) is 35.9 Å². The molecule has 0 radical (unpaired) electrons. The Labute approximate surface area is 222 Å². The topological polar surface area (TPSA) is 240 Å². The summed E-state index contributed by atoms with van der Waals surface area (Å²) < 4.78 is 26.6. The normalized spacial score (nSPS) is 36.5. The van der Waals surface area contributed by atoms with Crippen LogP contribution < -0.4 is 10.6 Å². The van der Waals surface area contributed by atoms with E-state index in [1.807, 2.05) is 0 Å². The van der Waals surface area contributed by atoms with Gasteiger partial charge in [0.1, 0.15) is 36.6 Å². The van der Waals surface area contributed by atoms with Gasteiger partial charge in [0, 0.05) is 27.7 Å². The first kappa shape index (κ1) is 31.5. The number of rotatable bonds is 8. The number of nitrogens with one attached hydrogen (secondary N) is 2. The van der Waals surface area contributed by atoms with Crippen LogP contribution in [0.25, 0.3) is 0 Å². The molecule has 0 aromatic carbocycles. The molecule has 38 heavy (non-hydrogen) atoms. The molecule has 17 heteroatoms. The minimum atomic E-state index is -2.41. The molecule has 0 aromatic heterocycles. The average molecular weight is 569 g/mol. The van der Waals surface area contributed by atoms with Crippen molar-refractivity contribution in [2.45, 2.75) is 88.3 Å². The molecule has 2 fully saturated rings. The summed E-state index contributed by atoms with van der Waals surface area (Å²) in [6.45, 7) is 2.72. The predicted octanol–water partition coefficient (Wildman–Crippen LogP) is -4.28. The third-order valence-electron chi connectivity index (χ3n) is 5.87. The Morgan fingerprint density at radius 2 is 1.37 bits per heavy atom. The van der Waals surface area contributed by atoms with Gasteiger partial charge < -0.3 is 59.9 Å². The lowest BCUT2D eigenvalue weighted by Crippen LogP contribution is -2.68. The van der Waals surface area contributed by atoms with Crippen LogP contribution in [0.1, 0.15) is 27.7 Å². The molecule has 0 unspecified atom stereocenters. The van der Waals surface area contributed by atoms with Crippen molar-refractivity contribution in [3.8, 4) is 0 Å². The zero-order valence-corrected chi connectivity index (χ0v) is 21.7. The van der Waals surface area contributed by atoms with Gasteiger partial charge >= 0.3 is 23.9 Å². The first-order valence-electron chi connectivity index (χ1n) is 11.4. The zero-order chi connectivity index (χ0) is 28.9. The summed E-state index contributed by atoms with van der Waals surface area (Å²) in [6.07, 6.45) is -12.7. The second-order valence-corrected chi connectivity index (χ2v) is 9.20. The number of thiocarbonyl (C=S) groups is 1. The summed E-state index contributed by atoms with van der Waals surface area (Å²) in [4.78, 5) is 47.0. The van der Waals surface area contributed by atoms with Crippen LogP contribution in [-0.4, -0.2) is 128 Å². The molecule has 216 valence electrons. The van der Waals surface area contributed by atoms with Gasteiger partial charge in [0.2, 0.25) is 0 Å². The minimum absolute atomic E-state index is 0.400. The maximum absolute atomic E-state index is 11.9. The second-order valence-electron chi connectivity index (χ2n) is 8.79. The van der Waals surface area contributed by atoms with E-state index >= 15 is 0 Å². The smallest absolute Gasteiger partial charge is 0.303 e. The standard InChI is InChI=1S/C21H32N2O14S/c1-7(25)33-5-11-14(34-8(2)26)15(35-9(3)27)16(36-10(4)28)19(37-11)23-20(38)22-17-12(29)13(30)18(31)21(17,32)6-24/h11-19,24,29-32H,5-6H2,1-4H3,(H2,22,23,38)/t11-,12-,13-,14-,15+,16+,17-,18+,19+,21+/m1/s1. The number of hydrogen-bond acceptors (Lipinski definition) is 15. The molecule has 0 amide bonds. The summed E-state index contributed by atoms with van der Waals surface area (Å²) in [6, 6.07) is -1.58. The van der Waals surface area contributed by atoms with E-state index < -0.39 is 103 Å². The van der Waals surface area contributed by atoms with E-state index in [-0.39, 0.29) is 0 Å². The molecule has 16 nitrogen and oxygen atoms in total. The van der Waals surface area contributed by atoms with E-state index in [1.165, 1.54) is 0 Å². The Hall–Kier alpha value is -2.67. The van der Waals surface area contributed by atoms with E-state index in [1.54, 1.807) is 0 Å². The van der Waals surface area contributed by atoms with Crippen LogP contribution in [0.2, 0.25) is 0 Å². The van der Waals surface area contributed by atoms with Crippen molar-refractivity contribution in [1.82, 2.24) is 10.6 Å². The highest BCUT2D eigenvalue weighted by Gasteiger charge is 2.59. The second kappa shape index (κ2) is 12.9. The van der Waals surface area contributed by atoms with Crippen LogP contribution in [0.15, 0.2) is 0 Å². The molecule has 2 aliphatic rings. The monoisotopic (exact) mass is 568 g/mol. The van der Waals surface area contributed by atoms with Crippen LogP contribution in [0, 0.1) is 0 Å². The number of ether oxygens (including phenoxy) is 5.